The first kappa shape index (κ1) is 19.4. The second-order valence-corrected chi connectivity index (χ2v) is 8.13. The van der Waals surface area contributed by atoms with Crippen LogP contribution in [0.25, 0.3) is 5.69 Å². The number of hydrogen-bond acceptors (Lipinski definition) is 3. The van der Waals surface area contributed by atoms with E-state index >= 15 is 0 Å². The largest absolute Gasteiger partial charge is 0.343 e. The molecule has 7 heteroatoms. The summed E-state index contributed by atoms with van der Waals surface area (Å²) in [6.07, 6.45) is 5.64. The monoisotopic (exact) mass is 416 g/mol. The number of imidazole rings is 1. The van der Waals surface area contributed by atoms with Crippen LogP contribution >= 0.6 is 0 Å². The van der Waals surface area contributed by atoms with Crippen molar-refractivity contribution in [2.24, 2.45) is 0 Å². The highest BCUT2D eigenvalue weighted by atomic mass is 16.2. The SMILES string of the molecule is O=C1CCCN1CCC1CN(C(=O)c2cccc(-n3cc[nH]c3=O)c2)c2ccccc21. The molecular weight excluding hydrogens is 392 g/mol. The molecule has 3 heterocycles. The number of H-pyrrole nitrogens is 1. The van der Waals surface area contributed by atoms with E-state index in [0.717, 1.165) is 37.2 Å². The highest BCUT2D eigenvalue weighted by molar-refractivity contribution is 6.07. The Balaban J connectivity index is 1.39. The highest BCUT2D eigenvalue weighted by Gasteiger charge is 2.33. The number of nitrogens with zero attached hydrogens (tertiary/aromatic N) is 3. The van der Waals surface area contributed by atoms with Crippen LogP contribution < -0.4 is 10.6 Å². The van der Waals surface area contributed by atoms with Gasteiger partial charge >= 0.3 is 5.69 Å². The van der Waals surface area contributed by atoms with Crippen molar-refractivity contribution in [3.63, 3.8) is 0 Å². The van der Waals surface area contributed by atoms with E-state index in [9.17, 15) is 14.4 Å². The van der Waals surface area contributed by atoms with Gasteiger partial charge in [-0.05, 0) is 42.7 Å². The van der Waals surface area contributed by atoms with Crippen molar-refractivity contribution >= 4 is 17.5 Å². The fourth-order valence-electron chi connectivity index (χ4n) is 4.66. The molecule has 1 saturated heterocycles. The molecule has 3 aromatic rings. The molecule has 0 radical (unpaired) electrons. The number of anilines is 1. The first-order valence-electron chi connectivity index (χ1n) is 10.7. The summed E-state index contributed by atoms with van der Waals surface area (Å²) in [7, 11) is 0. The first-order chi connectivity index (χ1) is 15.1. The number of carbonyl (C=O) groups is 2. The van der Waals surface area contributed by atoms with Crippen molar-refractivity contribution in [1.82, 2.24) is 14.5 Å². The third-order valence-corrected chi connectivity index (χ3v) is 6.25. The molecule has 0 bridgehead atoms. The van der Waals surface area contributed by atoms with Gasteiger partial charge in [0.15, 0.2) is 0 Å². The minimum absolute atomic E-state index is 0.0855. The van der Waals surface area contributed by atoms with Gasteiger partial charge in [0.25, 0.3) is 5.91 Å². The molecule has 0 aliphatic carbocycles. The zero-order valence-corrected chi connectivity index (χ0v) is 17.2. The van der Waals surface area contributed by atoms with Crippen LogP contribution in [0.2, 0.25) is 0 Å². The van der Waals surface area contributed by atoms with Crippen molar-refractivity contribution in [3.8, 4) is 5.69 Å². The zero-order chi connectivity index (χ0) is 21.4. The number of benzene rings is 2. The standard InChI is InChI=1S/C24H24N4O3/c29-22-9-4-12-26(22)13-10-18-16-28(21-8-2-1-7-20(18)21)23(30)17-5-3-6-19(15-17)27-14-11-25-24(27)31/h1-3,5-8,11,14-15,18H,4,9-10,12-13,16H2,(H,25,31). The summed E-state index contributed by atoms with van der Waals surface area (Å²) in [4.78, 5) is 43.7. The Labute approximate surface area is 179 Å². The third-order valence-electron chi connectivity index (χ3n) is 6.25. The minimum atomic E-state index is -0.243. The maximum atomic E-state index is 13.4. The van der Waals surface area contributed by atoms with Crippen molar-refractivity contribution in [1.29, 1.82) is 0 Å². The van der Waals surface area contributed by atoms with E-state index in [1.165, 1.54) is 4.57 Å². The number of para-hydroxylation sites is 1. The fourth-order valence-corrected chi connectivity index (χ4v) is 4.66. The number of likely N-dealkylation sites (tertiary alicyclic amines) is 1. The highest BCUT2D eigenvalue weighted by Crippen LogP contribution is 2.39. The number of hydrogen-bond donors (Lipinski definition) is 1. The molecule has 1 fully saturated rings. The van der Waals surface area contributed by atoms with Gasteiger partial charge in [0.1, 0.15) is 0 Å². The van der Waals surface area contributed by atoms with Crippen molar-refractivity contribution < 1.29 is 9.59 Å². The molecule has 2 amide bonds. The Hall–Kier alpha value is -3.61. The van der Waals surface area contributed by atoms with Gasteiger partial charge in [-0.25, -0.2) is 4.79 Å². The third kappa shape index (κ3) is 3.56. The summed E-state index contributed by atoms with van der Waals surface area (Å²) in [6, 6.07) is 15.1. The molecule has 5 rings (SSSR count). The summed E-state index contributed by atoms with van der Waals surface area (Å²) >= 11 is 0. The summed E-state index contributed by atoms with van der Waals surface area (Å²) in [5.74, 6) is 0.345. The predicted octanol–water partition coefficient (Wildman–Crippen LogP) is 2.92. The van der Waals surface area contributed by atoms with E-state index in [1.807, 2.05) is 28.0 Å². The van der Waals surface area contributed by atoms with E-state index in [2.05, 4.69) is 11.1 Å². The van der Waals surface area contributed by atoms with Gasteiger partial charge in [-0.15, -0.1) is 0 Å². The number of aromatic amines is 1. The fraction of sp³-hybridized carbons (Fsp3) is 0.292. The summed E-state index contributed by atoms with van der Waals surface area (Å²) < 4.78 is 1.48. The quantitative estimate of drug-likeness (QED) is 0.695. The summed E-state index contributed by atoms with van der Waals surface area (Å²) in [5, 5.41) is 0. The molecule has 31 heavy (non-hydrogen) atoms. The Morgan fingerprint density at radius 3 is 2.74 bits per heavy atom. The first-order valence-corrected chi connectivity index (χ1v) is 10.7. The smallest absolute Gasteiger partial charge is 0.330 e. The number of carbonyl (C=O) groups excluding carboxylic acids is 2. The Bertz CT molecular complexity index is 1200. The Kier molecular flexibility index (Phi) is 4.94. The second-order valence-electron chi connectivity index (χ2n) is 8.13. The van der Waals surface area contributed by atoms with Crippen LogP contribution in [0.5, 0.6) is 0 Å². The minimum Gasteiger partial charge on any atom is -0.343 e. The van der Waals surface area contributed by atoms with Crippen LogP contribution in [-0.4, -0.2) is 45.9 Å². The van der Waals surface area contributed by atoms with Crippen molar-refractivity contribution in [2.45, 2.75) is 25.2 Å². The van der Waals surface area contributed by atoms with E-state index < -0.39 is 0 Å². The van der Waals surface area contributed by atoms with Gasteiger partial charge in [0.2, 0.25) is 5.91 Å². The molecule has 2 aliphatic rings. The van der Waals surface area contributed by atoms with Crippen LogP contribution in [0, 0.1) is 0 Å². The van der Waals surface area contributed by atoms with Gasteiger partial charge in [-0.1, -0.05) is 24.3 Å². The molecule has 7 nitrogen and oxygen atoms in total. The number of fused-ring (bicyclic) bond motifs is 1. The van der Waals surface area contributed by atoms with Crippen LogP contribution in [0.3, 0.4) is 0 Å². The maximum Gasteiger partial charge on any atom is 0.330 e. The molecule has 1 aromatic heterocycles. The lowest BCUT2D eigenvalue weighted by molar-refractivity contribution is -0.127. The Morgan fingerprint density at radius 1 is 1.10 bits per heavy atom. The topological polar surface area (TPSA) is 78.4 Å². The lowest BCUT2D eigenvalue weighted by atomic mass is 9.98. The second kappa shape index (κ2) is 7.91. The average Bonchev–Trinajstić information content (AvgIpc) is 3.50. The Morgan fingerprint density at radius 2 is 1.97 bits per heavy atom. The predicted molar refractivity (Wildman–Crippen MR) is 118 cm³/mol. The number of rotatable bonds is 5. The molecule has 2 aliphatic heterocycles. The van der Waals surface area contributed by atoms with Crippen molar-refractivity contribution in [2.75, 3.05) is 24.5 Å². The normalized spacial score (nSPS) is 17.9. The molecular formula is C24H24N4O3. The van der Waals surface area contributed by atoms with Crippen LogP contribution in [0.4, 0.5) is 5.69 Å². The van der Waals surface area contributed by atoms with Crippen molar-refractivity contribution in [3.05, 3.63) is 82.5 Å². The summed E-state index contributed by atoms with van der Waals surface area (Å²) in [5.41, 5.74) is 3.02. The summed E-state index contributed by atoms with van der Waals surface area (Å²) in [6.45, 7) is 2.15. The van der Waals surface area contributed by atoms with Crippen LogP contribution in [-0.2, 0) is 4.79 Å². The van der Waals surface area contributed by atoms with Gasteiger partial charge in [-0.2, -0.15) is 0 Å². The zero-order valence-electron chi connectivity index (χ0n) is 17.2. The molecule has 1 unspecified atom stereocenters. The lowest BCUT2D eigenvalue weighted by Gasteiger charge is -2.20. The van der Waals surface area contributed by atoms with E-state index in [-0.39, 0.29) is 23.4 Å². The van der Waals surface area contributed by atoms with Gasteiger partial charge < -0.3 is 14.8 Å². The molecule has 158 valence electrons. The van der Waals surface area contributed by atoms with Crippen LogP contribution in [0.15, 0.2) is 65.7 Å². The molecule has 1 N–H and O–H groups in total. The van der Waals surface area contributed by atoms with Crippen LogP contribution in [0.1, 0.15) is 41.1 Å². The number of aromatic nitrogens is 2. The number of nitrogens with one attached hydrogen (secondary N) is 1. The molecule has 1 atom stereocenters. The van der Waals surface area contributed by atoms with Gasteiger partial charge in [-0.3, -0.25) is 14.2 Å². The van der Waals surface area contributed by atoms with Gasteiger partial charge in [0.05, 0.1) is 5.69 Å². The number of amides is 2. The molecule has 0 spiro atoms. The molecule has 2 aromatic carbocycles. The molecule has 0 saturated carbocycles. The lowest BCUT2D eigenvalue weighted by Crippen LogP contribution is -2.31. The van der Waals surface area contributed by atoms with E-state index in [4.69, 9.17) is 0 Å². The maximum absolute atomic E-state index is 13.4. The van der Waals surface area contributed by atoms with E-state index in [1.54, 1.807) is 36.7 Å². The average molecular weight is 416 g/mol. The van der Waals surface area contributed by atoms with E-state index in [0.29, 0.717) is 24.2 Å². The van der Waals surface area contributed by atoms with Gasteiger partial charge in [0, 0.05) is 55.6 Å².